The molecular weight excluding hydrogens is 839 g/mol. The van der Waals surface area contributed by atoms with Gasteiger partial charge < -0.3 is 23.8 Å². The molecule has 0 atom stereocenters. The van der Waals surface area contributed by atoms with Gasteiger partial charge >= 0.3 is 24.2 Å². The Bertz CT molecular complexity index is 2100. The van der Waals surface area contributed by atoms with Gasteiger partial charge in [-0.25, -0.2) is 27.7 Å². The summed E-state index contributed by atoms with van der Waals surface area (Å²) in [6, 6.07) is 12.1. The molecule has 0 radical (unpaired) electrons. The fourth-order valence-electron chi connectivity index (χ4n) is 5.71. The van der Waals surface area contributed by atoms with Crippen molar-refractivity contribution in [2.45, 2.75) is 110 Å². The summed E-state index contributed by atoms with van der Waals surface area (Å²) in [6.07, 6.45) is -0.817. The Labute approximate surface area is 362 Å². The number of carbonyl (C=O) groups excluding carboxylic acids is 4. The van der Waals surface area contributed by atoms with E-state index in [1.165, 1.54) is 18.2 Å². The van der Waals surface area contributed by atoms with E-state index in [4.69, 9.17) is 42.1 Å². The third-order valence-corrected chi connectivity index (χ3v) is 10.5. The van der Waals surface area contributed by atoms with Crippen molar-refractivity contribution >= 4 is 80.5 Å². The molecule has 3 aromatic rings. The Balaban J connectivity index is 1.64. The first kappa shape index (κ1) is 47.8. The summed E-state index contributed by atoms with van der Waals surface area (Å²) >= 11 is 12.3. The minimum absolute atomic E-state index is 0.0730. The smallest absolute Gasteiger partial charge is 0.419 e. The number of hydrogen-bond donors (Lipinski definition) is 0. The van der Waals surface area contributed by atoms with Crippen molar-refractivity contribution in [3.63, 3.8) is 0 Å². The van der Waals surface area contributed by atoms with Crippen LogP contribution in [-0.2, 0) is 40.2 Å². The fraction of sp³-hybridized carbons (Fsp3) is 0.512. The second-order valence-electron chi connectivity index (χ2n) is 16.9. The van der Waals surface area contributed by atoms with Gasteiger partial charge in [-0.05, 0) is 129 Å². The van der Waals surface area contributed by atoms with Crippen molar-refractivity contribution < 1.29 is 46.5 Å². The highest BCUT2D eigenvalue weighted by molar-refractivity contribution is 7.92. The molecule has 0 saturated carbocycles. The molecule has 4 rings (SSSR count). The van der Waals surface area contributed by atoms with Gasteiger partial charge in [0.05, 0.1) is 23.7 Å². The Morgan fingerprint density at radius 1 is 0.767 bits per heavy atom. The highest BCUT2D eigenvalue weighted by atomic mass is 35.5. The number of ether oxygens (including phenoxy) is 4. The molecule has 328 valence electrons. The molecule has 0 spiro atoms. The first-order chi connectivity index (χ1) is 27.8. The van der Waals surface area contributed by atoms with Crippen LogP contribution in [0.15, 0.2) is 53.4 Å². The van der Waals surface area contributed by atoms with Gasteiger partial charge in [0.15, 0.2) is 11.6 Å². The molecular formula is C41H54Cl2N6O10S. The molecule has 60 heavy (non-hydrogen) atoms. The molecule has 0 fully saturated rings. The summed E-state index contributed by atoms with van der Waals surface area (Å²) in [5, 5.41) is 8.99. The quantitative estimate of drug-likeness (QED) is 0.0903. The zero-order chi connectivity index (χ0) is 44.8. The molecule has 2 aromatic carbocycles. The normalized spacial score (nSPS) is 13.0. The summed E-state index contributed by atoms with van der Waals surface area (Å²) < 4.78 is 51.0. The van der Waals surface area contributed by atoms with Gasteiger partial charge in [0.25, 0.3) is 10.0 Å². The number of unbranched alkanes of at least 4 members (excludes halogenated alkanes) is 1. The van der Waals surface area contributed by atoms with E-state index in [0.29, 0.717) is 30.9 Å². The van der Waals surface area contributed by atoms with Crippen LogP contribution in [0.1, 0.15) is 87.6 Å². The second-order valence-corrected chi connectivity index (χ2v) is 19.6. The molecule has 0 bridgehead atoms. The van der Waals surface area contributed by atoms with Gasteiger partial charge in [-0.1, -0.05) is 36.5 Å². The molecule has 1 aliphatic rings. The molecule has 3 amide bonds. The van der Waals surface area contributed by atoms with E-state index in [2.05, 4.69) is 10.2 Å². The van der Waals surface area contributed by atoms with Crippen LogP contribution in [0, 0.1) is 0 Å². The molecule has 1 aromatic heterocycles. The first-order valence-corrected chi connectivity index (χ1v) is 21.6. The number of hydrogen-bond acceptors (Lipinski definition) is 13. The average Bonchev–Trinajstić information content (AvgIpc) is 3.53. The SMILES string of the molecule is CCCCOC(=O)CN(c1ccc2c(c1)CCN2c1ccc(N(CCN(C(=O)OC(C)(C)C)C(=O)OC(C)(C)C)C(=O)OC(C)(C)C)nn1)S(=O)(=O)c1cc(Cl)cc(Cl)c1. The number of fused-ring (bicyclic) bond motifs is 1. The Morgan fingerprint density at radius 2 is 1.35 bits per heavy atom. The van der Waals surface area contributed by atoms with E-state index in [-0.39, 0.29) is 46.1 Å². The van der Waals surface area contributed by atoms with Gasteiger partial charge in [-0.15, -0.1) is 10.2 Å². The Hall–Kier alpha value is -4.87. The van der Waals surface area contributed by atoms with Crippen molar-refractivity contribution in [3.8, 4) is 0 Å². The fourth-order valence-corrected chi connectivity index (χ4v) is 7.84. The number of anilines is 4. The van der Waals surface area contributed by atoms with Gasteiger partial charge in [-0.2, -0.15) is 0 Å². The predicted octanol–water partition coefficient (Wildman–Crippen LogP) is 8.93. The second kappa shape index (κ2) is 19.2. The van der Waals surface area contributed by atoms with Crippen LogP contribution in [0.4, 0.5) is 37.4 Å². The number of benzene rings is 2. The molecule has 19 heteroatoms. The average molecular weight is 894 g/mol. The lowest BCUT2D eigenvalue weighted by molar-refractivity contribution is -0.141. The molecule has 0 unspecified atom stereocenters. The minimum atomic E-state index is -4.34. The van der Waals surface area contributed by atoms with Crippen molar-refractivity contribution in [1.82, 2.24) is 15.1 Å². The largest absolute Gasteiger partial charge is 0.464 e. The third kappa shape index (κ3) is 13.3. The van der Waals surface area contributed by atoms with E-state index in [1.54, 1.807) is 92.6 Å². The molecule has 16 nitrogen and oxygen atoms in total. The lowest BCUT2D eigenvalue weighted by atomic mass is 10.1. The highest BCUT2D eigenvalue weighted by Gasteiger charge is 2.35. The van der Waals surface area contributed by atoms with E-state index in [9.17, 15) is 27.6 Å². The van der Waals surface area contributed by atoms with Crippen molar-refractivity contribution in [1.29, 1.82) is 0 Å². The summed E-state index contributed by atoms with van der Waals surface area (Å²) in [5.74, 6) is -0.236. The summed E-state index contributed by atoms with van der Waals surface area (Å²) in [6.45, 7) is 16.4. The van der Waals surface area contributed by atoms with Crippen LogP contribution in [0.2, 0.25) is 10.0 Å². The zero-order valence-electron chi connectivity index (χ0n) is 35.7. The summed E-state index contributed by atoms with van der Waals surface area (Å²) in [7, 11) is -4.34. The van der Waals surface area contributed by atoms with Gasteiger partial charge in [0.2, 0.25) is 0 Å². The van der Waals surface area contributed by atoms with Gasteiger partial charge in [0, 0.05) is 28.8 Å². The van der Waals surface area contributed by atoms with E-state index >= 15 is 0 Å². The van der Waals surface area contributed by atoms with Crippen LogP contribution < -0.4 is 14.1 Å². The third-order valence-electron chi connectivity index (χ3n) is 8.28. The summed E-state index contributed by atoms with van der Waals surface area (Å²) in [5.41, 5.74) is -1.05. The lowest BCUT2D eigenvalue weighted by Gasteiger charge is -2.31. The van der Waals surface area contributed by atoms with Crippen molar-refractivity contribution in [2.75, 3.05) is 46.9 Å². The number of imide groups is 1. The zero-order valence-corrected chi connectivity index (χ0v) is 38.0. The maximum absolute atomic E-state index is 14.0. The van der Waals surface area contributed by atoms with E-state index < -0.39 is 57.6 Å². The number of carbonyl (C=O) groups is 4. The number of rotatable bonds is 13. The van der Waals surface area contributed by atoms with Crippen LogP contribution in [0.3, 0.4) is 0 Å². The number of esters is 1. The molecule has 1 aliphatic heterocycles. The lowest BCUT2D eigenvalue weighted by Crippen LogP contribution is -2.48. The van der Waals surface area contributed by atoms with Crippen LogP contribution >= 0.6 is 23.2 Å². The minimum Gasteiger partial charge on any atom is -0.464 e. The number of amides is 3. The summed E-state index contributed by atoms with van der Waals surface area (Å²) in [4.78, 5) is 56.5. The number of nitrogens with zero attached hydrogens (tertiary/aromatic N) is 6. The molecule has 0 saturated heterocycles. The first-order valence-electron chi connectivity index (χ1n) is 19.4. The Kier molecular flexibility index (Phi) is 15.3. The molecule has 2 heterocycles. The number of aromatic nitrogens is 2. The van der Waals surface area contributed by atoms with Crippen LogP contribution in [0.25, 0.3) is 0 Å². The maximum atomic E-state index is 14.0. The number of sulfonamides is 1. The molecule has 0 N–H and O–H groups in total. The Morgan fingerprint density at radius 3 is 1.88 bits per heavy atom. The van der Waals surface area contributed by atoms with Gasteiger partial charge in [0.1, 0.15) is 23.3 Å². The van der Waals surface area contributed by atoms with Crippen LogP contribution in [-0.4, -0.2) is 97.4 Å². The van der Waals surface area contributed by atoms with E-state index in [0.717, 1.165) is 26.1 Å². The highest BCUT2D eigenvalue weighted by Crippen LogP contribution is 2.38. The van der Waals surface area contributed by atoms with Crippen molar-refractivity contribution in [3.05, 3.63) is 64.1 Å². The number of halogens is 2. The maximum Gasteiger partial charge on any atom is 0.419 e. The standard InChI is InChI=1S/C41H54Cl2N6O10S/c1-11-12-21-56-35(50)26-49(60(54,55)31-24-28(42)23-29(43)25-31)30-13-14-32-27(22-30)17-18-46(32)33-15-16-34(45-44-33)47(36(51)57-39(2,3)4)19-20-48(37(52)58-40(5,6)7)38(53)59-41(8,9)10/h13-16,22-25H,11-12,17-21,26H2,1-10H3. The molecule has 0 aliphatic carbocycles. The van der Waals surface area contributed by atoms with E-state index in [1.807, 2.05) is 11.8 Å². The van der Waals surface area contributed by atoms with Crippen LogP contribution in [0.5, 0.6) is 0 Å². The monoisotopic (exact) mass is 892 g/mol. The van der Waals surface area contributed by atoms with Gasteiger partial charge in [-0.3, -0.25) is 14.0 Å². The van der Waals surface area contributed by atoms with Crippen molar-refractivity contribution in [2.24, 2.45) is 0 Å². The topological polar surface area (TPSA) is 178 Å². The predicted molar refractivity (Wildman–Crippen MR) is 229 cm³/mol.